The Bertz CT molecular complexity index is 1750. The van der Waals surface area contributed by atoms with Crippen LogP contribution in [-0.2, 0) is 38.6 Å². The number of nitrogens with zero attached hydrogens (tertiary/aromatic N) is 5. The van der Waals surface area contributed by atoms with E-state index in [1.165, 1.54) is 0 Å². The van der Waals surface area contributed by atoms with Gasteiger partial charge in [-0.3, -0.25) is 24.5 Å². The number of aryl methyl sites for hydroxylation is 1. The molecule has 4 aromatic rings. The van der Waals surface area contributed by atoms with E-state index in [4.69, 9.17) is 14.2 Å². The lowest BCUT2D eigenvalue weighted by atomic mass is 10.0. The highest BCUT2D eigenvalue weighted by atomic mass is 16.5. The number of likely N-dealkylation sites (N-methyl/N-ethyl adjacent to an activating group) is 1. The van der Waals surface area contributed by atoms with Crippen LogP contribution in [0.5, 0.6) is 17.2 Å². The summed E-state index contributed by atoms with van der Waals surface area (Å²) in [5.41, 5.74) is 2.53. The number of aromatic nitrogens is 4. The van der Waals surface area contributed by atoms with Crippen molar-refractivity contribution < 1.29 is 28.6 Å². The zero-order valence-electron chi connectivity index (χ0n) is 27.1. The van der Waals surface area contributed by atoms with Gasteiger partial charge in [-0.05, 0) is 67.3 Å². The van der Waals surface area contributed by atoms with Crippen LogP contribution in [0, 0.1) is 0 Å². The van der Waals surface area contributed by atoms with Crippen LogP contribution in [0.4, 0.5) is 0 Å². The molecule has 2 aromatic carbocycles. The van der Waals surface area contributed by atoms with Crippen LogP contribution < -0.4 is 14.8 Å². The first-order valence-electron chi connectivity index (χ1n) is 16.1. The normalized spacial score (nSPS) is 19.0. The van der Waals surface area contributed by atoms with Gasteiger partial charge in [0.1, 0.15) is 11.6 Å². The summed E-state index contributed by atoms with van der Waals surface area (Å²) >= 11 is 0. The maximum atomic E-state index is 13.4. The van der Waals surface area contributed by atoms with E-state index in [9.17, 15) is 14.4 Å². The van der Waals surface area contributed by atoms with Crippen molar-refractivity contribution >= 4 is 17.7 Å². The average Bonchev–Trinajstić information content (AvgIpc) is 3.58. The molecule has 3 amide bonds. The Morgan fingerprint density at radius 2 is 1.98 bits per heavy atom. The van der Waals surface area contributed by atoms with Crippen molar-refractivity contribution in [2.24, 2.45) is 0 Å². The van der Waals surface area contributed by atoms with E-state index in [1.807, 2.05) is 55.5 Å². The second-order valence-electron chi connectivity index (χ2n) is 11.8. The largest absolute Gasteiger partial charge is 0.493 e. The van der Waals surface area contributed by atoms with Crippen LogP contribution in [0.1, 0.15) is 36.7 Å². The molecule has 13 nitrogen and oxygen atoms in total. The summed E-state index contributed by atoms with van der Waals surface area (Å²) in [4.78, 5) is 51.7. The summed E-state index contributed by atoms with van der Waals surface area (Å²) in [5, 5.41) is 10.2. The Morgan fingerprint density at radius 1 is 1.08 bits per heavy atom. The molecule has 0 saturated carbocycles. The number of methoxy groups -OCH3 is 1. The van der Waals surface area contributed by atoms with Crippen molar-refractivity contribution in [1.29, 1.82) is 0 Å². The van der Waals surface area contributed by atoms with Crippen LogP contribution in [0.25, 0.3) is 11.4 Å². The number of carbonyl (C=O) groups excluding carboxylic acids is 3. The summed E-state index contributed by atoms with van der Waals surface area (Å²) in [7, 11) is 1.58. The van der Waals surface area contributed by atoms with Crippen LogP contribution in [0.15, 0.2) is 67.0 Å². The van der Waals surface area contributed by atoms with Crippen LogP contribution >= 0.6 is 0 Å². The number of pyridine rings is 1. The number of aromatic amines is 1. The van der Waals surface area contributed by atoms with Gasteiger partial charge in [-0.2, -0.15) is 5.10 Å². The number of hydrogen-bond donors (Lipinski definition) is 2. The molecular weight excluding hydrogens is 614 g/mol. The van der Waals surface area contributed by atoms with Gasteiger partial charge in [-0.15, -0.1) is 0 Å². The lowest BCUT2D eigenvalue weighted by Gasteiger charge is -2.39. The van der Waals surface area contributed by atoms with Crippen LogP contribution in [0.3, 0.4) is 0 Å². The molecule has 4 heterocycles. The number of hydrogen-bond acceptors (Lipinski definition) is 9. The first-order valence-corrected chi connectivity index (χ1v) is 16.1. The summed E-state index contributed by atoms with van der Waals surface area (Å²) < 4.78 is 18.2. The summed E-state index contributed by atoms with van der Waals surface area (Å²) in [6, 6.07) is 16.5. The minimum absolute atomic E-state index is 0.0363. The molecule has 0 radical (unpaired) electrons. The van der Waals surface area contributed by atoms with E-state index < -0.39 is 6.10 Å². The predicted molar refractivity (Wildman–Crippen MR) is 175 cm³/mol. The molecule has 0 aliphatic carbocycles. The maximum absolute atomic E-state index is 13.4. The number of benzene rings is 2. The third-order valence-electron chi connectivity index (χ3n) is 8.54. The number of ether oxygens (including phenoxy) is 3. The van der Waals surface area contributed by atoms with Gasteiger partial charge in [0.2, 0.25) is 17.7 Å². The molecule has 2 aliphatic heterocycles. The third-order valence-corrected chi connectivity index (χ3v) is 8.54. The molecule has 250 valence electrons. The molecule has 48 heavy (non-hydrogen) atoms. The molecule has 6 rings (SSSR count). The van der Waals surface area contributed by atoms with E-state index in [0.29, 0.717) is 54.8 Å². The molecular formula is C35H39N7O6. The van der Waals surface area contributed by atoms with Crippen molar-refractivity contribution in [3.8, 4) is 28.6 Å². The average molecular weight is 654 g/mol. The first-order chi connectivity index (χ1) is 23.4. The zero-order chi connectivity index (χ0) is 33.5. The molecule has 0 spiro atoms. The predicted octanol–water partition coefficient (Wildman–Crippen LogP) is 3.31. The molecule has 4 bridgehead atoms. The minimum atomic E-state index is -0.502. The van der Waals surface area contributed by atoms with Crippen LogP contribution in [0.2, 0.25) is 0 Å². The maximum Gasteiger partial charge on any atom is 0.239 e. The van der Waals surface area contributed by atoms with Gasteiger partial charge < -0.3 is 29.3 Å². The number of amides is 3. The van der Waals surface area contributed by atoms with Gasteiger partial charge in [0.05, 0.1) is 38.8 Å². The van der Waals surface area contributed by atoms with E-state index in [2.05, 4.69) is 25.5 Å². The second-order valence-corrected chi connectivity index (χ2v) is 11.8. The fraction of sp³-hybridized carbons (Fsp3) is 0.371. The van der Waals surface area contributed by atoms with Gasteiger partial charge in [-0.1, -0.05) is 18.2 Å². The zero-order valence-corrected chi connectivity index (χ0v) is 27.1. The monoisotopic (exact) mass is 653 g/mol. The molecule has 2 N–H and O–H groups in total. The quantitative estimate of drug-likeness (QED) is 0.331. The standard InChI is InChI=1S/C35H39N7O6/c1-3-41-21-32(43)37-27-13-15-42(34(45)18-31-38-35(40-39-31)25-7-5-14-36-19-25)20-30(27)47-22-24-6-4-8-26(16-24)48-29-17-23(10-12-33(41)44)9-11-28(29)46-2/h4-9,11,14,16-17,19,27,30H,3,10,12-13,15,18,20-22H2,1-2H3,(H,37,43)(H,38,39,40)/t27-,30-/m0/s1. The Kier molecular flexibility index (Phi) is 10.2. The molecule has 2 aromatic heterocycles. The number of carbonyl (C=O) groups is 3. The molecule has 1 fully saturated rings. The smallest absolute Gasteiger partial charge is 0.239 e. The highest BCUT2D eigenvalue weighted by Crippen LogP contribution is 2.33. The number of likely N-dealkylation sites (tertiary alicyclic amines) is 1. The van der Waals surface area contributed by atoms with Gasteiger partial charge in [0.15, 0.2) is 17.3 Å². The Morgan fingerprint density at radius 3 is 2.79 bits per heavy atom. The lowest BCUT2D eigenvalue weighted by Crippen LogP contribution is -2.57. The van der Waals surface area contributed by atoms with Crippen molar-refractivity contribution in [2.45, 2.75) is 51.4 Å². The molecule has 0 unspecified atom stereocenters. The summed E-state index contributed by atoms with van der Waals surface area (Å²) in [6.07, 6.45) is 4.08. The number of rotatable bonds is 5. The first kappa shape index (κ1) is 32.6. The SMILES string of the molecule is CCN1CC(=O)N[C@H]2CCN(C(=O)Cc3nc(-c4cccnc4)n[nH]3)C[C@@H]2OCc2cccc(c2)Oc2cc(ccc2OC)CCC1=O. The highest BCUT2D eigenvalue weighted by molar-refractivity contribution is 5.85. The molecule has 13 heteroatoms. The number of piperidine rings is 1. The summed E-state index contributed by atoms with van der Waals surface area (Å²) in [6.45, 7) is 3.11. The number of H-pyrrole nitrogens is 1. The van der Waals surface area contributed by atoms with E-state index >= 15 is 0 Å². The van der Waals surface area contributed by atoms with Gasteiger partial charge >= 0.3 is 0 Å². The minimum Gasteiger partial charge on any atom is -0.493 e. The topological polar surface area (TPSA) is 152 Å². The van der Waals surface area contributed by atoms with Gasteiger partial charge in [0.25, 0.3) is 0 Å². The van der Waals surface area contributed by atoms with Crippen LogP contribution in [-0.4, -0.2) is 93.1 Å². The third kappa shape index (κ3) is 7.97. The molecule has 2 atom stereocenters. The van der Waals surface area contributed by atoms with Crippen molar-refractivity contribution in [3.05, 3.63) is 83.9 Å². The fourth-order valence-corrected chi connectivity index (χ4v) is 5.93. The Balaban J connectivity index is 1.21. The molecule has 2 aliphatic rings. The van der Waals surface area contributed by atoms with Crippen molar-refractivity contribution in [1.82, 2.24) is 35.3 Å². The van der Waals surface area contributed by atoms with Crippen molar-refractivity contribution in [3.63, 3.8) is 0 Å². The number of nitrogens with one attached hydrogen (secondary N) is 2. The van der Waals surface area contributed by atoms with Gasteiger partial charge in [0, 0.05) is 44.0 Å². The van der Waals surface area contributed by atoms with Crippen molar-refractivity contribution in [2.75, 3.05) is 33.3 Å². The van der Waals surface area contributed by atoms with E-state index in [1.54, 1.807) is 35.4 Å². The highest BCUT2D eigenvalue weighted by Gasteiger charge is 2.34. The Labute approximate surface area is 278 Å². The van der Waals surface area contributed by atoms with E-state index in [0.717, 1.165) is 16.7 Å². The molecule has 1 saturated heterocycles. The lowest BCUT2D eigenvalue weighted by molar-refractivity contribution is -0.139. The number of fused-ring (bicyclic) bond motifs is 5. The Hall–Kier alpha value is -5.30. The second kappa shape index (κ2) is 15.1. The van der Waals surface area contributed by atoms with Gasteiger partial charge in [-0.25, -0.2) is 4.98 Å². The van der Waals surface area contributed by atoms with E-state index in [-0.39, 0.29) is 56.3 Å². The summed E-state index contributed by atoms with van der Waals surface area (Å²) in [5.74, 6) is 2.11. The fourth-order valence-electron chi connectivity index (χ4n) is 5.93.